The summed E-state index contributed by atoms with van der Waals surface area (Å²) in [4.78, 5) is 29.7. The minimum Gasteiger partial charge on any atom is -0.377 e. The van der Waals surface area contributed by atoms with E-state index < -0.39 is 0 Å². The highest BCUT2D eigenvalue weighted by atomic mass is 32.1. The third-order valence-electron chi connectivity index (χ3n) is 5.66. The lowest BCUT2D eigenvalue weighted by Gasteiger charge is -2.37. The van der Waals surface area contributed by atoms with Crippen LogP contribution in [0.5, 0.6) is 0 Å². The van der Waals surface area contributed by atoms with Crippen molar-refractivity contribution in [3.63, 3.8) is 0 Å². The van der Waals surface area contributed by atoms with Crippen molar-refractivity contribution in [1.29, 1.82) is 0 Å². The Morgan fingerprint density at radius 1 is 1.36 bits per heavy atom. The molecule has 1 atom stereocenters. The Labute approximate surface area is 171 Å². The van der Waals surface area contributed by atoms with Gasteiger partial charge in [-0.3, -0.25) is 9.59 Å². The number of ether oxygens (including phenoxy) is 1. The molecule has 1 aromatic heterocycles. The van der Waals surface area contributed by atoms with E-state index in [-0.39, 0.29) is 18.4 Å². The number of nitrogens with one attached hydrogen (secondary N) is 1. The van der Waals surface area contributed by atoms with Crippen LogP contribution < -0.4 is 5.32 Å². The van der Waals surface area contributed by atoms with Crippen molar-refractivity contribution in [3.05, 3.63) is 28.0 Å². The Morgan fingerprint density at radius 3 is 2.79 bits per heavy atom. The fraction of sp³-hybridized carbons (Fsp3) is 0.619. The van der Waals surface area contributed by atoms with Gasteiger partial charge in [0.2, 0.25) is 11.8 Å². The second-order valence-corrected chi connectivity index (χ2v) is 8.65. The maximum absolute atomic E-state index is 12.4. The first-order valence-electron chi connectivity index (χ1n) is 10.1. The summed E-state index contributed by atoms with van der Waals surface area (Å²) in [6.07, 6.45) is 7.93. The van der Waals surface area contributed by atoms with Crippen molar-refractivity contribution in [3.8, 4) is 0 Å². The molecule has 2 saturated heterocycles. The van der Waals surface area contributed by atoms with E-state index >= 15 is 0 Å². The Balaban J connectivity index is 1.36. The number of hydrogen-bond donors (Lipinski definition) is 1. The molecule has 0 aliphatic carbocycles. The standard InChI is InChI=1S/C21H31N3O3S/c1-16-9-13-28-19(16)5-6-20(25)22-14-21(26)24-10-7-17(8-11-24)23(2)15-18-4-3-12-27-18/h5-6,9,13,17-18H,3-4,7-8,10-12,14-15H2,1-2H3,(H,22,25)/b6-5+. The van der Waals surface area contributed by atoms with Crippen LogP contribution in [0, 0.1) is 6.92 Å². The first kappa shape index (κ1) is 21.0. The van der Waals surface area contributed by atoms with Crippen molar-refractivity contribution < 1.29 is 14.3 Å². The smallest absolute Gasteiger partial charge is 0.244 e. The molecule has 1 unspecified atom stereocenters. The number of likely N-dealkylation sites (tertiary alicyclic amines) is 1. The molecule has 0 bridgehead atoms. The fourth-order valence-corrected chi connectivity index (χ4v) is 4.67. The second-order valence-electron chi connectivity index (χ2n) is 7.71. The number of amides is 2. The molecule has 0 radical (unpaired) electrons. The molecule has 6 nitrogen and oxygen atoms in total. The molecule has 2 fully saturated rings. The van der Waals surface area contributed by atoms with E-state index in [1.807, 2.05) is 23.3 Å². The number of thiophene rings is 1. The second kappa shape index (κ2) is 10.2. The predicted octanol–water partition coefficient (Wildman–Crippen LogP) is 2.29. The van der Waals surface area contributed by atoms with Gasteiger partial charge < -0.3 is 19.9 Å². The molecule has 28 heavy (non-hydrogen) atoms. The number of likely N-dealkylation sites (N-methyl/N-ethyl adjacent to an activating group) is 1. The molecular weight excluding hydrogens is 374 g/mol. The molecular formula is C21H31N3O3S. The van der Waals surface area contributed by atoms with E-state index in [0.29, 0.717) is 12.1 Å². The largest absolute Gasteiger partial charge is 0.377 e. The van der Waals surface area contributed by atoms with Crippen LogP contribution in [0.3, 0.4) is 0 Å². The zero-order valence-electron chi connectivity index (χ0n) is 16.9. The summed E-state index contributed by atoms with van der Waals surface area (Å²) in [5.41, 5.74) is 1.15. The summed E-state index contributed by atoms with van der Waals surface area (Å²) >= 11 is 1.60. The first-order valence-corrected chi connectivity index (χ1v) is 11.0. The van der Waals surface area contributed by atoms with Gasteiger partial charge in [0.15, 0.2) is 0 Å². The van der Waals surface area contributed by atoms with Crippen molar-refractivity contribution in [2.75, 3.05) is 39.8 Å². The van der Waals surface area contributed by atoms with Crippen molar-refractivity contribution in [2.24, 2.45) is 0 Å². The molecule has 154 valence electrons. The lowest BCUT2D eigenvalue weighted by molar-refractivity contribution is -0.133. The SMILES string of the molecule is Cc1ccsc1/C=C/C(=O)NCC(=O)N1CCC(N(C)CC2CCCO2)CC1. The summed E-state index contributed by atoms with van der Waals surface area (Å²) in [5.74, 6) is -0.235. The zero-order valence-corrected chi connectivity index (χ0v) is 17.7. The lowest BCUT2D eigenvalue weighted by Crippen LogP contribution is -2.49. The van der Waals surface area contributed by atoms with Crippen molar-refractivity contribution >= 4 is 29.2 Å². The average molecular weight is 406 g/mol. The quantitative estimate of drug-likeness (QED) is 0.707. The Bertz CT molecular complexity index is 689. The van der Waals surface area contributed by atoms with Gasteiger partial charge in [0.1, 0.15) is 0 Å². The van der Waals surface area contributed by atoms with Crippen LogP contribution in [0.25, 0.3) is 6.08 Å². The number of rotatable bonds is 7. The number of piperidine rings is 1. The number of hydrogen-bond acceptors (Lipinski definition) is 5. The first-order chi connectivity index (χ1) is 13.5. The molecule has 2 aliphatic heterocycles. The topological polar surface area (TPSA) is 61.9 Å². The molecule has 2 amide bonds. The van der Waals surface area contributed by atoms with Crippen molar-refractivity contribution in [2.45, 2.75) is 44.8 Å². The van der Waals surface area contributed by atoms with Crippen LogP contribution in [0.1, 0.15) is 36.1 Å². The molecule has 3 rings (SSSR count). The van der Waals surface area contributed by atoms with E-state index in [9.17, 15) is 9.59 Å². The summed E-state index contributed by atoms with van der Waals surface area (Å²) in [6.45, 7) is 5.44. The van der Waals surface area contributed by atoms with E-state index in [0.717, 1.165) is 55.9 Å². The van der Waals surface area contributed by atoms with Gasteiger partial charge in [-0.05, 0) is 62.7 Å². The van der Waals surface area contributed by atoms with Crippen LogP contribution in [-0.2, 0) is 14.3 Å². The maximum atomic E-state index is 12.4. The molecule has 1 aromatic rings. The Kier molecular flexibility index (Phi) is 7.65. The van der Waals surface area contributed by atoms with E-state index in [4.69, 9.17) is 4.74 Å². The minimum atomic E-state index is -0.229. The summed E-state index contributed by atoms with van der Waals surface area (Å²) in [5, 5.41) is 4.70. The predicted molar refractivity (Wildman–Crippen MR) is 112 cm³/mol. The van der Waals surface area contributed by atoms with Gasteiger partial charge >= 0.3 is 0 Å². The van der Waals surface area contributed by atoms with Gasteiger partial charge in [-0.1, -0.05) is 0 Å². The molecule has 0 aromatic carbocycles. The molecule has 7 heteroatoms. The highest BCUT2D eigenvalue weighted by Gasteiger charge is 2.27. The summed E-state index contributed by atoms with van der Waals surface area (Å²) in [6, 6.07) is 2.52. The number of carbonyl (C=O) groups is 2. The Hall–Kier alpha value is -1.70. The van der Waals surface area contributed by atoms with Gasteiger partial charge in [0.05, 0.1) is 12.6 Å². The Morgan fingerprint density at radius 2 is 2.14 bits per heavy atom. The third kappa shape index (κ3) is 5.90. The maximum Gasteiger partial charge on any atom is 0.244 e. The highest BCUT2D eigenvalue weighted by Crippen LogP contribution is 2.19. The zero-order chi connectivity index (χ0) is 19.9. The molecule has 0 saturated carbocycles. The van der Waals surface area contributed by atoms with Crippen LogP contribution in [-0.4, -0.2) is 73.6 Å². The summed E-state index contributed by atoms with van der Waals surface area (Å²) < 4.78 is 5.73. The summed E-state index contributed by atoms with van der Waals surface area (Å²) in [7, 11) is 2.16. The van der Waals surface area contributed by atoms with Gasteiger partial charge in [-0.25, -0.2) is 0 Å². The molecule has 1 N–H and O–H groups in total. The molecule has 0 spiro atoms. The highest BCUT2D eigenvalue weighted by molar-refractivity contribution is 7.11. The molecule has 3 heterocycles. The van der Waals surface area contributed by atoms with E-state index in [1.165, 1.54) is 12.5 Å². The monoisotopic (exact) mass is 405 g/mol. The lowest BCUT2D eigenvalue weighted by atomic mass is 10.0. The fourth-order valence-electron chi connectivity index (χ4n) is 3.85. The van der Waals surface area contributed by atoms with Crippen LogP contribution in [0.4, 0.5) is 0 Å². The minimum absolute atomic E-state index is 0.00529. The van der Waals surface area contributed by atoms with Crippen LogP contribution in [0.15, 0.2) is 17.5 Å². The number of carbonyl (C=O) groups excluding carboxylic acids is 2. The van der Waals surface area contributed by atoms with Crippen LogP contribution in [0.2, 0.25) is 0 Å². The van der Waals surface area contributed by atoms with Crippen molar-refractivity contribution in [1.82, 2.24) is 15.1 Å². The average Bonchev–Trinajstić information content (AvgIpc) is 3.36. The normalized spacial score (nSPS) is 21.0. The van der Waals surface area contributed by atoms with E-state index in [2.05, 4.69) is 17.3 Å². The van der Waals surface area contributed by atoms with Gasteiger partial charge in [0.25, 0.3) is 0 Å². The van der Waals surface area contributed by atoms with Gasteiger partial charge in [-0.2, -0.15) is 0 Å². The third-order valence-corrected chi connectivity index (χ3v) is 6.64. The van der Waals surface area contributed by atoms with Crippen LogP contribution >= 0.6 is 11.3 Å². The van der Waals surface area contributed by atoms with E-state index in [1.54, 1.807) is 17.4 Å². The van der Waals surface area contributed by atoms with Gasteiger partial charge in [0, 0.05) is 43.2 Å². The number of aryl methyl sites for hydroxylation is 1. The van der Waals surface area contributed by atoms with Gasteiger partial charge in [-0.15, -0.1) is 11.3 Å². The molecule has 2 aliphatic rings. The number of nitrogens with zero attached hydrogens (tertiary/aromatic N) is 2.